The molecule has 0 saturated heterocycles. The van der Waals surface area contributed by atoms with Gasteiger partial charge in [-0.15, -0.1) is 0 Å². The lowest BCUT2D eigenvalue weighted by molar-refractivity contribution is 0.0601. The van der Waals surface area contributed by atoms with Crippen molar-refractivity contribution in [3.05, 3.63) is 58.7 Å². The van der Waals surface area contributed by atoms with E-state index in [0.29, 0.717) is 34.7 Å². The van der Waals surface area contributed by atoms with E-state index >= 15 is 0 Å². The SMILES string of the molecule is COC(=O)c1cc(C(=O)NCC(C)C)ccc1-c1ccc(C)cc1C=O. The highest BCUT2D eigenvalue weighted by molar-refractivity contribution is 6.03. The molecule has 0 atom stereocenters. The van der Waals surface area contributed by atoms with Crippen molar-refractivity contribution < 1.29 is 19.1 Å². The van der Waals surface area contributed by atoms with Crippen LogP contribution in [0.5, 0.6) is 0 Å². The van der Waals surface area contributed by atoms with Crippen LogP contribution in [-0.2, 0) is 4.74 Å². The van der Waals surface area contributed by atoms with Gasteiger partial charge in [0.05, 0.1) is 12.7 Å². The lowest BCUT2D eigenvalue weighted by Crippen LogP contribution is -2.27. The first kappa shape index (κ1) is 19.4. The summed E-state index contributed by atoms with van der Waals surface area (Å²) in [4.78, 5) is 36.0. The van der Waals surface area contributed by atoms with Gasteiger partial charge in [0, 0.05) is 17.7 Å². The Balaban J connectivity index is 2.52. The van der Waals surface area contributed by atoms with Crippen LogP contribution in [0.15, 0.2) is 36.4 Å². The van der Waals surface area contributed by atoms with Crippen molar-refractivity contribution in [2.75, 3.05) is 13.7 Å². The van der Waals surface area contributed by atoms with Crippen molar-refractivity contribution in [3.8, 4) is 11.1 Å². The maximum atomic E-state index is 12.3. The highest BCUT2D eigenvalue weighted by Gasteiger charge is 2.18. The maximum absolute atomic E-state index is 12.3. The number of amides is 1. The van der Waals surface area contributed by atoms with Crippen LogP contribution in [0.3, 0.4) is 0 Å². The Morgan fingerprint density at radius 3 is 2.42 bits per heavy atom. The van der Waals surface area contributed by atoms with Gasteiger partial charge in [0.25, 0.3) is 5.91 Å². The first-order chi connectivity index (χ1) is 12.4. The molecule has 2 rings (SSSR count). The van der Waals surface area contributed by atoms with Crippen LogP contribution in [0, 0.1) is 12.8 Å². The van der Waals surface area contributed by atoms with E-state index in [1.807, 2.05) is 26.8 Å². The van der Waals surface area contributed by atoms with Crippen molar-refractivity contribution in [2.45, 2.75) is 20.8 Å². The lowest BCUT2D eigenvalue weighted by atomic mass is 9.93. The monoisotopic (exact) mass is 353 g/mol. The number of carbonyl (C=O) groups excluding carboxylic acids is 3. The van der Waals surface area contributed by atoms with E-state index in [-0.39, 0.29) is 11.5 Å². The number of benzene rings is 2. The van der Waals surface area contributed by atoms with E-state index in [2.05, 4.69) is 5.32 Å². The molecule has 0 aromatic heterocycles. The number of hydrogen-bond acceptors (Lipinski definition) is 4. The van der Waals surface area contributed by atoms with Crippen LogP contribution >= 0.6 is 0 Å². The molecule has 1 N–H and O–H groups in total. The second kappa shape index (κ2) is 8.43. The van der Waals surface area contributed by atoms with Gasteiger partial charge in [-0.25, -0.2) is 4.79 Å². The summed E-state index contributed by atoms with van der Waals surface area (Å²) in [5.41, 5.74) is 3.22. The standard InChI is InChI=1S/C21H23NO4/c1-13(2)11-22-20(24)15-6-8-18(19(10-15)21(25)26-4)17-7-5-14(3)9-16(17)12-23/h5-10,12-13H,11H2,1-4H3,(H,22,24). The average molecular weight is 353 g/mol. The summed E-state index contributed by atoms with van der Waals surface area (Å²) in [5, 5.41) is 2.82. The molecule has 0 aliphatic rings. The zero-order valence-electron chi connectivity index (χ0n) is 15.5. The number of methoxy groups -OCH3 is 1. The van der Waals surface area contributed by atoms with Gasteiger partial charge in [-0.05, 0) is 42.2 Å². The summed E-state index contributed by atoms with van der Waals surface area (Å²) in [6.07, 6.45) is 0.757. The van der Waals surface area contributed by atoms with Gasteiger partial charge >= 0.3 is 5.97 Å². The molecular formula is C21H23NO4. The van der Waals surface area contributed by atoms with E-state index in [1.54, 1.807) is 24.3 Å². The van der Waals surface area contributed by atoms with Gasteiger partial charge in [0.15, 0.2) is 6.29 Å². The van der Waals surface area contributed by atoms with Gasteiger partial charge in [-0.2, -0.15) is 0 Å². The molecule has 0 unspecified atom stereocenters. The molecule has 2 aromatic rings. The normalized spacial score (nSPS) is 10.5. The van der Waals surface area contributed by atoms with Gasteiger partial charge in [0.2, 0.25) is 0 Å². The average Bonchev–Trinajstić information content (AvgIpc) is 2.64. The molecule has 0 spiro atoms. The molecule has 1 amide bonds. The third-order valence-electron chi connectivity index (χ3n) is 3.98. The van der Waals surface area contributed by atoms with Crippen LogP contribution in [0.2, 0.25) is 0 Å². The lowest BCUT2D eigenvalue weighted by Gasteiger charge is -2.13. The van der Waals surface area contributed by atoms with Crippen LogP contribution in [0.1, 0.15) is 50.5 Å². The second-order valence-electron chi connectivity index (χ2n) is 6.56. The molecule has 5 heteroatoms. The Labute approximate surface area is 153 Å². The highest BCUT2D eigenvalue weighted by atomic mass is 16.5. The molecule has 0 fully saturated rings. The molecule has 0 aliphatic carbocycles. The van der Waals surface area contributed by atoms with Gasteiger partial charge in [0.1, 0.15) is 0 Å². The minimum atomic E-state index is -0.559. The fraction of sp³-hybridized carbons (Fsp3) is 0.286. The van der Waals surface area contributed by atoms with Gasteiger partial charge in [-0.3, -0.25) is 9.59 Å². The summed E-state index contributed by atoms with van der Waals surface area (Å²) >= 11 is 0. The predicted molar refractivity (Wildman–Crippen MR) is 101 cm³/mol. The summed E-state index contributed by atoms with van der Waals surface area (Å²) in [6.45, 7) is 6.44. The smallest absolute Gasteiger partial charge is 0.338 e. The predicted octanol–water partition coefficient (Wildman–Crippen LogP) is 3.65. The number of nitrogens with one attached hydrogen (secondary N) is 1. The number of aryl methyl sites for hydroxylation is 1. The topological polar surface area (TPSA) is 72.5 Å². The zero-order valence-corrected chi connectivity index (χ0v) is 15.5. The summed E-state index contributed by atoms with van der Waals surface area (Å²) in [5.74, 6) is -0.494. The highest BCUT2D eigenvalue weighted by Crippen LogP contribution is 2.29. The Bertz CT molecular complexity index is 840. The Morgan fingerprint density at radius 1 is 1.12 bits per heavy atom. The van der Waals surface area contributed by atoms with Crippen molar-refractivity contribution in [2.24, 2.45) is 5.92 Å². The Hall–Kier alpha value is -2.95. The Morgan fingerprint density at radius 2 is 1.81 bits per heavy atom. The summed E-state index contributed by atoms with van der Waals surface area (Å²) in [7, 11) is 1.29. The molecule has 26 heavy (non-hydrogen) atoms. The maximum Gasteiger partial charge on any atom is 0.338 e. The van der Waals surface area contributed by atoms with Crippen molar-refractivity contribution >= 4 is 18.2 Å². The van der Waals surface area contributed by atoms with Crippen molar-refractivity contribution in [1.29, 1.82) is 0 Å². The van der Waals surface area contributed by atoms with E-state index in [9.17, 15) is 14.4 Å². The largest absolute Gasteiger partial charge is 0.465 e. The first-order valence-electron chi connectivity index (χ1n) is 8.44. The van der Waals surface area contributed by atoms with Crippen molar-refractivity contribution in [1.82, 2.24) is 5.32 Å². The van der Waals surface area contributed by atoms with E-state index < -0.39 is 5.97 Å². The van der Waals surface area contributed by atoms with Crippen molar-refractivity contribution in [3.63, 3.8) is 0 Å². The minimum Gasteiger partial charge on any atom is -0.465 e. The summed E-state index contributed by atoms with van der Waals surface area (Å²) < 4.78 is 4.87. The first-order valence-corrected chi connectivity index (χ1v) is 8.44. The number of hydrogen-bond donors (Lipinski definition) is 1. The van der Waals surface area contributed by atoms with Crippen LogP contribution in [-0.4, -0.2) is 31.8 Å². The molecule has 0 aliphatic heterocycles. The molecule has 5 nitrogen and oxygen atoms in total. The molecule has 0 heterocycles. The molecular weight excluding hydrogens is 330 g/mol. The van der Waals surface area contributed by atoms with Crippen LogP contribution < -0.4 is 5.32 Å². The van der Waals surface area contributed by atoms with E-state index in [4.69, 9.17) is 4.74 Å². The van der Waals surface area contributed by atoms with E-state index in [0.717, 1.165) is 11.8 Å². The second-order valence-corrected chi connectivity index (χ2v) is 6.56. The molecule has 0 bridgehead atoms. The summed E-state index contributed by atoms with van der Waals surface area (Å²) in [6, 6.07) is 10.2. The number of aldehydes is 1. The van der Waals surface area contributed by atoms with Gasteiger partial charge in [-0.1, -0.05) is 37.6 Å². The zero-order chi connectivity index (χ0) is 19.3. The van der Waals surface area contributed by atoms with E-state index in [1.165, 1.54) is 13.2 Å². The third kappa shape index (κ3) is 4.36. The number of carbonyl (C=O) groups is 3. The molecule has 0 saturated carbocycles. The third-order valence-corrected chi connectivity index (χ3v) is 3.98. The van der Waals surface area contributed by atoms with Crippen LogP contribution in [0.25, 0.3) is 11.1 Å². The molecule has 2 aromatic carbocycles. The fourth-order valence-electron chi connectivity index (χ4n) is 2.62. The Kier molecular flexibility index (Phi) is 6.28. The number of ether oxygens (including phenoxy) is 1. The van der Waals surface area contributed by atoms with Gasteiger partial charge < -0.3 is 10.1 Å². The number of rotatable bonds is 6. The van der Waals surface area contributed by atoms with Crippen LogP contribution in [0.4, 0.5) is 0 Å². The fourth-order valence-corrected chi connectivity index (χ4v) is 2.62. The quantitative estimate of drug-likeness (QED) is 0.635. The molecule has 0 radical (unpaired) electrons. The minimum absolute atomic E-state index is 0.247. The molecule has 136 valence electrons. The number of esters is 1.